The lowest BCUT2D eigenvalue weighted by atomic mass is 10.1. The molecule has 1 aromatic rings. The van der Waals surface area contributed by atoms with Crippen molar-refractivity contribution in [3.63, 3.8) is 0 Å². The fourth-order valence-electron chi connectivity index (χ4n) is 1.71. The van der Waals surface area contributed by atoms with Crippen molar-refractivity contribution in [1.82, 2.24) is 4.90 Å². The zero-order chi connectivity index (χ0) is 12.8. The van der Waals surface area contributed by atoms with E-state index in [9.17, 15) is 0 Å². The molecule has 1 rings (SSSR count). The van der Waals surface area contributed by atoms with Crippen LogP contribution >= 0.6 is 0 Å². The van der Waals surface area contributed by atoms with Crippen molar-refractivity contribution >= 4 is 5.69 Å². The maximum Gasteiger partial charge on any atom is 0.183 e. The Hall–Kier alpha value is -1.46. The molecule has 0 atom stereocenters. The van der Waals surface area contributed by atoms with E-state index in [4.69, 9.17) is 20.3 Å². The molecule has 0 bridgehead atoms. The van der Waals surface area contributed by atoms with Crippen LogP contribution in [0.1, 0.15) is 5.56 Å². The first-order valence-electron chi connectivity index (χ1n) is 5.42. The average Bonchev–Trinajstić information content (AvgIpc) is 2.28. The minimum absolute atomic E-state index is 0.138. The second-order valence-electron chi connectivity index (χ2n) is 3.88. The fourth-order valence-corrected chi connectivity index (χ4v) is 1.71. The van der Waals surface area contributed by atoms with Gasteiger partial charge in [-0.1, -0.05) is 0 Å². The molecular weight excluding hydrogens is 220 g/mol. The first-order valence-corrected chi connectivity index (χ1v) is 5.42. The van der Waals surface area contributed by atoms with Gasteiger partial charge in [0.25, 0.3) is 0 Å². The van der Waals surface area contributed by atoms with E-state index in [2.05, 4.69) is 0 Å². The molecule has 0 amide bonds. The molecule has 1 aromatic carbocycles. The molecule has 0 heterocycles. The topological polar surface area (TPSA) is 68.0 Å². The third-order valence-corrected chi connectivity index (χ3v) is 2.50. The van der Waals surface area contributed by atoms with Gasteiger partial charge in [-0.25, -0.2) is 0 Å². The Morgan fingerprint density at radius 3 is 2.53 bits per heavy atom. The second kappa shape index (κ2) is 6.32. The van der Waals surface area contributed by atoms with E-state index in [0.29, 0.717) is 30.3 Å². The van der Waals surface area contributed by atoms with Crippen molar-refractivity contribution in [2.45, 2.75) is 6.54 Å². The molecule has 0 aromatic heterocycles. The van der Waals surface area contributed by atoms with Crippen LogP contribution in [0.25, 0.3) is 0 Å². The van der Waals surface area contributed by atoms with Gasteiger partial charge in [0.1, 0.15) is 0 Å². The van der Waals surface area contributed by atoms with Crippen LogP contribution in [0.4, 0.5) is 5.69 Å². The first-order chi connectivity index (χ1) is 8.12. The van der Waals surface area contributed by atoms with Gasteiger partial charge in [-0.15, -0.1) is 0 Å². The Morgan fingerprint density at radius 2 is 2.00 bits per heavy atom. The van der Waals surface area contributed by atoms with E-state index in [1.54, 1.807) is 14.2 Å². The summed E-state index contributed by atoms with van der Waals surface area (Å²) in [6.45, 7) is 1.46. The number of aliphatic hydroxyl groups is 1. The van der Waals surface area contributed by atoms with Crippen molar-refractivity contribution < 1.29 is 14.6 Å². The van der Waals surface area contributed by atoms with Crippen molar-refractivity contribution in [3.8, 4) is 11.5 Å². The van der Waals surface area contributed by atoms with Crippen LogP contribution in [-0.4, -0.2) is 44.4 Å². The molecule has 0 aliphatic carbocycles. The number of hydrogen-bond donors (Lipinski definition) is 2. The van der Waals surface area contributed by atoms with Crippen LogP contribution in [-0.2, 0) is 6.54 Å². The maximum atomic E-state index is 8.84. The van der Waals surface area contributed by atoms with Crippen molar-refractivity contribution in [2.24, 2.45) is 0 Å². The Morgan fingerprint density at radius 1 is 1.29 bits per heavy atom. The molecular formula is C12H20N2O3. The van der Waals surface area contributed by atoms with E-state index >= 15 is 0 Å². The van der Waals surface area contributed by atoms with Crippen LogP contribution in [0, 0.1) is 0 Å². The molecule has 0 saturated heterocycles. The second-order valence-corrected chi connectivity index (χ2v) is 3.88. The van der Waals surface area contributed by atoms with Crippen molar-refractivity contribution in [2.75, 3.05) is 40.2 Å². The Balaban J connectivity index is 2.91. The summed E-state index contributed by atoms with van der Waals surface area (Å²) >= 11 is 0. The normalized spacial score (nSPS) is 10.6. The third-order valence-electron chi connectivity index (χ3n) is 2.50. The number of nitrogens with zero attached hydrogens (tertiary/aromatic N) is 1. The number of nitrogen functional groups attached to an aromatic ring is 1. The Kier molecular flexibility index (Phi) is 5.06. The SMILES string of the molecule is COc1cc(CN(C)CCO)cc(N)c1OC. The molecule has 96 valence electrons. The summed E-state index contributed by atoms with van der Waals surface area (Å²) in [4.78, 5) is 2.00. The van der Waals surface area contributed by atoms with E-state index in [-0.39, 0.29) is 6.61 Å². The molecule has 17 heavy (non-hydrogen) atoms. The van der Waals surface area contributed by atoms with Gasteiger partial charge in [-0.2, -0.15) is 0 Å². The maximum absolute atomic E-state index is 8.84. The highest BCUT2D eigenvalue weighted by Gasteiger charge is 2.10. The number of benzene rings is 1. The molecule has 5 nitrogen and oxygen atoms in total. The van der Waals surface area contributed by atoms with Crippen LogP contribution in [0.5, 0.6) is 11.5 Å². The van der Waals surface area contributed by atoms with Gasteiger partial charge in [-0.3, -0.25) is 4.90 Å². The molecule has 0 unspecified atom stereocenters. The monoisotopic (exact) mass is 240 g/mol. The van der Waals surface area contributed by atoms with E-state index < -0.39 is 0 Å². The predicted octanol–water partition coefficient (Wildman–Crippen LogP) is 0.710. The molecule has 0 saturated carbocycles. The fraction of sp³-hybridized carbons (Fsp3) is 0.500. The zero-order valence-corrected chi connectivity index (χ0v) is 10.6. The van der Waals surface area contributed by atoms with Gasteiger partial charge in [-0.05, 0) is 24.7 Å². The smallest absolute Gasteiger partial charge is 0.183 e. The summed E-state index contributed by atoms with van der Waals surface area (Å²) in [6, 6.07) is 3.75. The summed E-state index contributed by atoms with van der Waals surface area (Å²) in [5.74, 6) is 1.18. The first kappa shape index (κ1) is 13.6. The summed E-state index contributed by atoms with van der Waals surface area (Å²) in [5.41, 5.74) is 7.46. The highest BCUT2D eigenvalue weighted by molar-refractivity contribution is 5.62. The van der Waals surface area contributed by atoms with Gasteiger partial charge >= 0.3 is 0 Å². The highest BCUT2D eigenvalue weighted by atomic mass is 16.5. The molecule has 0 radical (unpaired) electrons. The molecule has 3 N–H and O–H groups in total. The number of rotatable bonds is 6. The van der Waals surface area contributed by atoms with Crippen LogP contribution < -0.4 is 15.2 Å². The minimum atomic E-state index is 0.138. The molecule has 0 fully saturated rings. The molecule has 5 heteroatoms. The summed E-state index contributed by atoms with van der Waals surface area (Å²) in [6.07, 6.45) is 0. The quantitative estimate of drug-likeness (QED) is 0.717. The van der Waals surface area contributed by atoms with Gasteiger partial charge in [0.2, 0.25) is 0 Å². The lowest BCUT2D eigenvalue weighted by Crippen LogP contribution is -2.21. The highest BCUT2D eigenvalue weighted by Crippen LogP contribution is 2.34. The lowest BCUT2D eigenvalue weighted by molar-refractivity contribution is 0.217. The van der Waals surface area contributed by atoms with Crippen LogP contribution in [0.15, 0.2) is 12.1 Å². The largest absolute Gasteiger partial charge is 0.493 e. The van der Waals surface area contributed by atoms with Gasteiger partial charge in [0.15, 0.2) is 11.5 Å². The third kappa shape index (κ3) is 3.51. The van der Waals surface area contributed by atoms with Gasteiger partial charge in [0, 0.05) is 13.1 Å². The van der Waals surface area contributed by atoms with Crippen molar-refractivity contribution in [3.05, 3.63) is 17.7 Å². The number of nitrogens with two attached hydrogens (primary N) is 1. The van der Waals surface area contributed by atoms with E-state index in [1.165, 1.54) is 0 Å². The number of methoxy groups -OCH3 is 2. The molecule has 0 aliphatic heterocycles. The van der Waals surface area contributed by atoms with Crippen LogP contribution in [0.3, 0.4) is 0 Å². The number of ether oxygens (including phenoxy) is 2. The van der Waals surface area contributed by atoms with Crippen LogP contribution in [0.2, 0.25) is 0 Å². The number of aliphatic hydroxyl groups excluding tert-OH is 1. The standard InChI is InChI=1S/C12H20N2O3/c1-14(4-5-15)8-9-6-10(13)12(17-3)11(7-9)16-2/h6-7,15H,4-5,8,13H2,1-3H3. The number of hydrogen-bond acceptors (Lipinski definition) is 5. The Bertz CT molecular complexity index is 369. The summed E-state index contributed by atoms with van der Waals surface area (Å²) in [5, 5.41) is 8.84. The number of anilines is 1. The lowest BCUT2D eigenvalue weighted by Gasteiger charge is -2.17. The minimum Gasteiger partial charge on any atom is -0.493 e. The van der Waals surface area contributed by atoms with E-state index in [0.717, 1.165) is 5.56 Å². The van der Waals surface area contributed by atoms with Crippen molar-refractivity contribution in [1.29, 1.82) is 0 Å². The van der Waals surface area contributed by atoms with Gasteiger partial charge < -0.3 is 20.3 Å². The summed E-state index contributed by atoms with van der Waals surface area (Å²) < 4.78 is 10.4. The average molecular weight is 240 g/mol. The number of likely N-dealkylation sites (N-methyl/N-ethyl adjacent to an activating group) is 1. The Labute approximate surface area is 102 Å². The molecule has 0 aliphatic rings. The summed E-state index contributed by atoms with van der Waals surface area (Å²) in [7, 11) is 5.08. The predicted molar refractivity (Wildman–Crippen MR) is 67.4 cm³/mol. The van der Waals surface area contributed by atoms with Gasteiger partial charge in [0.05, 0.1) is 26.5 Å². The molecule has 0 spiro atoms. The van der Waals surface area contributed by atoms with E-state index in [1.807, 2.05) is 24.1 Å². The zero-order valence-electron chi connectivity index (χ0n) is 10.6.